The highest BCUT2D eigenvalue weighted by atomic mass is 14.8. The van der Waals surface area contributed by atoms with Gasteiger partial charge in [0.05, 0.1) is 0 Å². The SMILES string of the molecule is NC(CCC1CCCC1)c1cncnc1. The Balaban J connectivity index is 1.79. The normalized spacial score (nSPS) is 19.3. The smallest absolute Gasteiger partial charge is 0.115 e. The third kappa shape index (κ3) is 2.99. The molecule has 1 heterocycles. The Hall–Kier alpha value is -0.960. The van der Waals surface area contributed by atoms with Crippen molar-refractivity contribution in [1.29, 1.82) is 0 Å². The van der Waals surface area contributed by atoms with Gasteiger partial charge in [-0.05, 0) is 18.8 Å². The van der Waals surface area contributed by atoms with E-state index in [2.05, 4.69) is 9.97 Å². The molecular formula is C12H19N3. The first kappa shape index (κ1) is 10.6. The molecule has 0 bridgehead atoms. The molecule has 1 aliphatic rings. The van der Waals surface area contributed by atoms with Crippen LogP contribution in [0, 0.1) is 5.92 Å². The summed E-state index contributed by atoms with van der Waals surface area (Å²) >= 11 is 0. The third-order valence-electron chi connectivity index (χ3n) is 3.37. The van der Waals surface area contributed by atoms with E-state index in [0.29, 0.717) is 0 Å². The summed E-state index contributed by atoms with van der Waals surface area (Å²) < 4.78 is 0. The van der Waals surface area contributed by atoms with Gasteiger partial charge in [-0.25, -0.2) is 9.97 Å². The van der Waals surface area contributed by atoms with Crippen LogP contribution < -0.4 is 5.73 Å². The third-order valence-corrected chi connectivity index (χ3v) is 3.37. The van der Waals surface area contributed by atoms with E-state index in [9.17, 15) is 0 Å². The number of aromatic nitrogens is 2. The summed E-state index contributed by atoms with van der Waals surface area (Å²) in [6, 6.07) is 0.117. The molecule has 1 aromatic heterocycles. The van der Waals surface area contributed by atoms with Gasteiger partial charge in [0, 0.05) is 24.0 Å². The zero-order valence-electron chi connectivity index (χ0n) is 9.10. The number of hydrogen-bond donors (Lipinski definition) is 1. The lowest BCUT2D eigenvalue weighted by Crippen LogP contribution is -2.12. The molecule has 0 saturated heterocycles. The number of hydrogen-bond acceptors (Lipinski definition) is 3. The number of rotatable bonds is 4. The fourth-order valence-electron chi connectivity index (χ4n) is 2.38. The second kappa shape index (κ2) is 5.21. The molecule has 0 radical (unpaired) electrons. The molecule has 1 aromatic rings. The van der Waals surface area contributed by atoms with Crippen molar-refractivity contribution in [3.63, 3.8) is 0 Å². The van der Waals surface area contributed by atoms with Gasteiger partial charge in [0.25, 0.3) is 0 Å². The van der Waals surface area contributed by atoms with E-state index >= 15 is 0 Å². The van der Waals surface area contributed by atoms with Crippen LogP contribution in [0.25, 0.3) is 0 Å². The predicted molar refractivity (Wildman–Crippen MR) is 60.2 cm³/mol. The Morgan fingerprint density at radius 1 is 1.27 bits per heavy atom. The van der Waals surface area contributed by atoms with E-state index in [0.717, 1.165) is 17.9 Å². The van der Waals surface area contributed by atoms with Gasteiger partial charge in [-0.1, -0.05) is 25.7 Å². The minimum Gasteiger partial charge on any atom is -0.324 e. The lowest BCUT2D eigenvalue weighted by Gasteiger charge is -2.14. The molecule has 3 heteroatoms. The fraction of sp³-hybridized carbons (Fsp3) is 0.667. The second-order valence-electron chi connectivity index (χ2n) is 4.51. The topological polar surface area (TPSA) is 51.8 Å². The molecule has 3 nitrogen and oxygen atoms in total. The standard InChI is InChI=1S/C12H19N3/c13-12(11-7-14-9-15-8-11)6-5-10-3-1-2-4-10/h7-10,12H,1-6,13H2. The molecule has 1 atom stereocenters. The van der Waals surface area contributed by atoms with Crippen LogP contribution in [0.4, 0.5) is 0 Å². The number of nitrogens with zero attached hydrogens (tertiary/aromatic N) is 2. The van der Waals surface area contributed by atoms with Gasteiger partial charge in [-0.3, -0.25) is 0 Å². The highest BCUT2D eigenvalue weighted by molar-refractivity contribution is 5.07. The van der Waals surface area contributed by atoms with Crippen molar-refractivity contribution in [2.24, 2.45) is 11.7 Å². The highest BCUT2D eigenvalue weighted by Crippen LogP contribution is 2.30. The van der Waals surface area contributed by atoms with Crippen LogP contribution in [-0.4, -0.2) is 9.97 Å². The van der Waals surface area contributed by atoms with Crippen LogP contribution in [0.2, 0.25) is 0 Å². The Morgan fingerprint density at radius 2 is 1.93 bits per heavy atom. The van der Waals surface area contributed by atoms with Crippen LogP contribution in [0.1, 0.15) is 50.1 Å². The van der Waals surface area contributed by atoms with Crippen molar-refractivity contribution >= 4 is 0 Å². The van der Waals surface area contributed by atoms with Crippen molar-refractivity contribution in [1.82, 2.24) is 9.97 Å². The Labute approximate surface area is 91.1 Å². The van der Waals surface area contributed by atoms with Gasteiger partial charge in [0.2, 0.25) is 0 Å². The predicted octanol–water partition coefficient (Wildman–Crippen LogP) is 2.45. The van der Waals surface area contributed by atoms with Crippen LogP contribution in [-0.2, 0) is 0 Å². The van der Waals surface area contributed by atoms with E-state index < -0.39 is 0 Å². The van der Waals surface area contributed by atoms with Crippen LogP contribution in [0.15, 0.2) is 18.7 Å². The van der Waals surface area contributed by atoms with Gasteiger partial charge < -0.3 is 5.73 Å². The summed E-state index contributed by atoms with van der Waals surface area (Å²) in [7, 11) is 0. The van der Waals surface area contributed by atoms with Gasteiger partial charge >= 0.3 is 0 Å². The van der Waals surface area contributed by atoms with Gasteiger partial charge in [0.1, 0.15) is 6.33 Å². The molecule has 0 amide bonds. The van der Waals surface area contributed by atoms with Crippen LogP contribution >= 0.6 is 0 Å². The molecule has 1 unspecified atom stereocenters. The van der Waals surface area contributed by atoms with Crippen molar-refractivity contribution in [2.75, 3.05) is 0 Å². The summed E-state index contributed by atoms with van der Waals surface area (Å²) in [5.74, 6) is 0.917. The monoisotopic (exact) mass is 205 g/mol. The van der Waals surface area contributed by atoms with Gasteiger partial charge in [-0.15, -0.1) is 0 Å². The van der Waals surface area contributed by atoms with E-state index in [4.69, 9.17) is 5.73 Å². The first-order valence-corrected chi connectivity index (χ1v) is 5.87. The van der Waals surface area contributed by atoms with E-state index in [1.54, 1.807) is 6.33 Å². The molecule has 1 aliphatic carbocycles. The largest absolute Gasteiger partial charge is 0.324 e. The minimum atomic E-state index is 0.117. The highest BCUT2D eigenvalue weighted by Gasteiger charge is 2.16. The van der Waals surface area contributed by atoms with E-state index in [1.807, 2.05) is 12.4 Å². The van der Waals surface area contributed by atoms with Gasteiger partial charge in [-0.2, -0.15) is 0 Å². The lowest BCUT2D eigenvalue weighted by molar-refractivity contribution is 0.453. The maximum absolute atomic E-state index is 6.09. The lowest BCUT2D eigenvalue weighted by atomic mass is 9.96. The van der Waals surface area contributed by atoms with Crippen molar-refractivity contribution in [3.8, 4) is 0 Å². The zero-order valence-corrected chi connectivity index (χ0v) is 9.10. The Bertz CT molecular complexity index is 280. The Morgan fingerprint density at radius 3 is 2.60 bits per heavy atom. The number of nitrogens with two attached hydrogens (primary N) is 1. The van der Waals surface area contributed by atoms with Crippen molar-refractivity contribution in [3.05, 3.63) is 24.3 Å². The summed E-state index contributed by atoms with van der Waals surface area (Å²) in [6.07, 6.45) is 13.2. The average Bonchev–Trinajstić information content (AvgIpc) is 2.80. The molecule has 0 aliphatic heterocycles. The van der Waals surface area contributed by atoms with Crippen LogP contribution in [0.3, 0.4) is 0 Å². The first-order chi connectivity index (χ1) is 7.36. The van der Waals surface area contributed by atoms with Gasteiger partial charge in [0.15, 0.2) is 0 Å². The fourth-order valence-corrected chi connectivity index (χ4v) is 2.38. The molecule has 1 fully saturated rings. The van der Waals surface area contributed by atoms with Crippen LogP contribution in [0.5, 0.6) is 0 Å². The Kier molecular flexibility index (Phi) is 3.67. The van der Waals surface area contributed by atoms with E-state index in [-0.39, 0.29) is 6.04 Å². The maximum Gasteiger partial charge on any atom is 0.115 e. The molecular weight excluding hydrogens is 186 g/mol. The quantitative estimate of drug-likeness (QED) is 0.821. The summed E-state index contributed by atoms with van der Waals surface area (Å²) in [5, 5.41) is 0. The molecule has 2 N–H and O–H groups in total. The molecule has 2 rings (SSSR count). The second-order valence-corrected chi connectivity index (χ2v) is 4.51. The first-order valence-electron chi connectivity index (χ1n) is 5.87. The molecule has 82 valence electrons. The maximum atomic E-state index is 6.09. The molecule has 0 spiro atoms. The molecule has 1 saturated carbocycles. The summed E-state index contributed by atoms with van der Waals surface area (Å²) in [5.41, 5.74) is 7.16. The summed E-state index contributed by atoms with van der Waals surface area (Å²) in [6.45, 7) is 0. The van der Waals surface area contributed by atoms with E-state index in [1.165, 1.54) is 32.1 Å². The molecule has 0 aromatic carbocycles. The summed E-state index contributed by atoms with van der Waals surface area (Å²) in [4.78, 5) is 7.99. The minimum absolute atomic E-state index is 0.117. The molecule has 15 heavy (non-hydrogen) atoms. The van der Waals surface area contributed by atoms with Crippen molar-refractivity contribution in [2.45, 2.75) is 44.6 Å². The average molecular weight is 205 g/mol. The van der Waals surface area contributed by atoms with Crippen molar-refractivity contribution < 1.29 is 0 Å². The zero-order chi connectivity index (χ0) is 10.5.